The van der Waals surface area contributed by atoms with Crippen LogP contribution in [-0.4, -0.2) is 11.1 Å². The Morgan fingerprint density at radius 3 is 2.37 bits per heavy atom. The lowest BCUT2D eigenvalue weighted by molar-refractivity contribution is 0.0696. The van der Waals surface area contributed by atoms with Crippen LogP contribution in [0.1, 0.15) is 15.9 Å². The highest BCUT2D eigenvalue weighted by Crippen LogP contribution is 2.30. The van der Waals surface area contributed by atoms with E-state index in [1.165, 1.54) is 6.07 Å². The van der Waals surface area contributed by atoms with E-state index in [9.17, 15) is 9.18 Å². The molecule has 0 aliphatic rings. The largest absolute Gasteiger partial charge is 0.487 e. The van der Waals surface area contributed by atoms with E-state index in [1.807, 2.05) is 6.07 Å². The summed E-state index contributed by atoms with van der Waals surface area (Å²) in [5.74, 6) is -0.116. The molecule has 7 heteroatoms. The van der Waals surface area contributed by atoms with Gasteiger partial charge in [-0.2, -0.15) is 0 Å². The number of hydrogen-bond acceptors (Lipinski definition) is 3. The number of hydrogen-bond donors (Lipinski definition) is 1. The molecule has 1 N–H and O–H groups in total. The molecule has 3 aromatic carbocycles. The van der Waals surface area contributed by atoms with Gasteiger partial charge in [-0.25, -0.2) is 9.18 Å². The quantitative estimate of drug-likeness (QED) is 0.353. The lowest BCUT2D eigenvalue weighted by Crippen LogP contribution is -2.03. The molecule has 0 aromatic heterocycles. The van der Waals surface area contributed by atoms with Gasteiger partial charge in [0.25, 0.3) is 0 Å². The first-order chi connectivity index (χ1) is 12.9. The first-order valence-electron chi connectivity index (χ1n) is 7.80. The van der Waals surface area contributed by atoms with Crippen molar-refractivity contribution in [3.63, 3.8) is 0 Å². The normalized spacial score (nSPS) is 10.5. The first-order valence-corrected chi connectivity index (χ1v) is 9.96. The standard InChI is InChI=1S/C20H13FI2O4/c21-15-6-1-2-7-18(15)27-14-5-3-4-12(8-14)11-26-19-16(22)9-13(20(24)25)10-17(19)23/h1-10H,11H2,(H,24,25). The van der Waals surface area contributed by atoms with Crippen molar-refractivity contribution in [2.24, 2.45) is 0 Å². The maximum Gasteiger partial charge on any atom is 0.335 e. The zero-order valence-corrected chi connectivity index (χ0v) is 18.1. The minimum absolute atomic E-state index is 0.156. The van der Waals surface area contributed by atoms with Gasteiger partial charge in [-0.1, -0.05) is 24.3 Å². The zero-order chi connectivity index (χ0) is 19.4. The monoisotopic (exact) mass is 590 g/mol. The number of benzene rings is 3. The van der Waals surface area contributed by atoms with Crippen LogP contribution in [0.15, 0.2) is 60.7 Å². The van der Waals surface area contributed by atoms with Gasteiger partial charge in [-0.3, -0.25) is 0 Å². The number of aromatic carboxylic acids is 1. The third kappa shape index (κ3) is 5.10. The highest BCUT2D eigenvalue weighted by molar-refractivity contribution is 14.1. The Bertz CT molecular complexity index is 968. The SMILES string of the molecule is O=C(O)c1cc(I)c(OCc2cccc(Oc3ccccc3F)c2)c(I)c1. The van der Waals surface area contributed by atoms with E-state index < -0.39 is 11.8 Å². The second kappa shape index (κ2) is 8.87. The van der Waals surface area contributed by atoms with Crippen LogP contribution in [0.2, 0.25) is 0 Å². The van der Waals surface area contributed by atoms with Crippen LogP contribution in [-0.2, 0) is 6.61 Å². The summed E-state index contributed by atoms with van der Waals surface area (Å²) in [5.41, 5.74) is 1.06. The summed E-state index contributed by atoms with van der Waals surface area (Å²) in [4.78, 5) is 11.1. The number of ether oxygens (including phenoxy) is 2. The molecule has 0 heterocycles. The average molecular weight is 590 g/mol. The van der Waals surface area contributed by atoms with Gasteiger partial charge >= 0.3 is 5.97 Å². The lowest BCUT2D eigenvalue weighted by atomic mass is 10.2. The molecule has 0 unspecified atom stereocenters. The summed E-state index contributed by atoms with van der Waals surface area (Å²) in [6.45, 7) is 0.271. The van der Waals surface area contributed by atoms with Crippen LogP contribution in [0.5, 0.6) is 17.2 Å². The molecule has 0 saturated heterocycles. The van der Waals surface area contributed by atoms with E-state index in [0.717, 1.165) is 12.7 Å². The smallest absolute Gasteiger partial charge is 0.335 e. The summed E-state index contributed by atoms with van der Waals surface area (Å²) in [6, 6.07) is 16.5. The van der Waals surface area contributed by atoms with Gasteiger partial charge in [0.05, 0.1) is 12.7 Å². The molecule has 0 spiro atoms. The number of carbonyl (C=O) groups is 1. The molecular formula is C20H13FI2O4. The average Bonchev–Trinajstić information content (AvgIpc) is 2.63. The Morgan fingerprint density at radius 2 is 1.70 bits per heavy atom. The Balaban J connectivity index is 1.74. The fraction of sp³-hybridized carbons (Fsp3) is 0.0500. The van der Waals surface area contributed by atoms with Gasteiger partial charge in [-0.05, 0) is 87.1 Å². The van der Waals surface area contributed by atoms with Crippen molar-refractivity contribution in [3.05, 3.63) is 84.7 Å². The molecule has 0 atom stereocenters. The van der Waals surface area contributed by atoms with Crippen molar-refractivity contribution >= 4 is 51.2 Å². The molecule has 4 nitrogen and oxygen atoms in total. The van der Waals surface area contributed by atoms with Crippen LogP contribution < -0.4 is 9.47 Å². The van der Waals surface area contributed by atoms with E-state index in [1.54, 1.807) is 48.5 Å². The fourth-order valence-electron chi connectivity index (χ4n) is 2.33. The van der Waals surface area contributed by atoms with E-state index in [-0.39, 0.29) is 17.9 Å². The van der Waals surface area contributed by atoms with Crippen molar-refractivity contribution in [3.8, 4) is 17.2 Å². The molecule has 3 rings (SSSR count). The van der Waals surface area contributed by atoms with Crippen LogP contribution >= 0.6 is 45.2 Å². The van der Waals surface area contributed by atoms with Crippen molar-refractivity contribution < 1.29 is 23.8 Å². The van der Waals surface area contributed by atoms with Gasteiger partial charge in [-0.15, -0.1) is 0 Å². The summed E-state index contributed by atoms with van der Waals surface area (Å²) in [5, 5.41) is 9.12. The third-order valence-electron chi connectivity index (χ3n) is 3.59. The van der Waals surface area contributed by atoms with Crippen molar-refractivity contribution in [2.75, 3.05) is 0 Å². The molecule has 27 heavy (non-hydrogen) atoms. The molecular weight excluding hydrogens is 577 g/mol. The Kier molecular flexibility index (Phi) is 6.53. The Morgan fingerprint density at radius 1 is 1.00 bits per heavy atom. The predicted molar refractivity (Wildman–Crippen MR) is 116 cm³/mol. The second-order valence-electron chi connectivity index (χ2n) is 5.54. The van der Waals surface area contributed by atoms with Gasteiger partial charge < -0.3 is 14.6 Å². The minimum Gasteiger partial charge on any atom is -0.487 e. The third-order valence-corrected chi connectivity index (χ3v) is 5.19. The van der Waals surface area contributed by atoms with Gasteiger partial charge in [0, 0.05) is 0 Å². The molecule has 0 amide bonds. The summed E-state index contributed by atoms with van der Waals surface area (Å²) >= 11 is 4.11. The summed E-state index contributed by atoms with van der Waals surface area (Å²) in [6.07, 6.45) is 0. The van der Waals surface area contributed by atoms with E-state index in [0.29, 0.717) is 11.5 Å². The number of carboxylic acid groups (broad SMARTS) is 1. The zero-order valence-electron chi connectivity index (χ0n) is 13.8. The predicted octanol–water partition coefficient (Wildman–Crippen LogP) is 6.10. The molecule has 0 aliphatic heterocycles. The number of para-hydroxylation sites is 1. The van der Waals surface area contributed by atoms with E-state index >= 15 is 0 Å². The second-order valence-corrected chi connectivity index (χ2v) is 7.87. The maximum absolute atomic E-state index is 13.7. The van der Waals surface area contributed by atoms with Gasteiger partial charge in [0.2, 0.25) is 0 Å². The van der Waals surface area contributed by atoms with Crippen LogP contribution in [0.25, 0.3) is 0 Å². The van der Waals surface area contributed by atoms with Crippen molar-refractivity contribution in [1.82, 2.24) is 0 Å². The minimum atomic E-state index is -0.977. The van der Waals surface area contributed by atoms with Crippen LogP contribution in [0.3, 0.4) is 0 Å². The lowest BCUT2D eigenvalue weighted by Gasteiger charge is -2.12. The molecule has 0 bridgehead atoms. The number of halogens is 3. The Labute approximate surface area is 182 Å². The summed E-state index contributed by atoms with van der Waals surface area (Å²) < 4.78 is 26.6. The highest BCUT2D eigenvalue weighted by atomic mass is 127. The fourth-order valence-corrected chi connectivity index (χ4v) is 4.41. The molecule has 0 saturated carbocycles. The van der Waals surface area contributed by atoms with Crippen molar-refractivity contribution in [1.29, 1.82) is 0 Å². The molecule has 138 valence electrons. The first kappa shape index (κ1) is 19.9. The maximum atomic E-state index is 13.7. The van der Waals surface area contributed by atoms with Crippen LogP contribution in [0, 0.1) is 13.0 Å². The molecule has 0 aliphatic carbocycles. The van der Waals surface area contributed by atoms with Gasteiger partial charge in [0.15, 0.2) is 11.6 Å². The number of carboxylic acids is 1. The molecule has 0 radical (unpaired) electrons. The summed E-state index contributed by atoms with van der Waals surface area (Å²) in [7, 11) is 0. The van der Waals surface area contributed by atoms with E-state index in [2.05, 4.69) is 45.2 Å². The topological polar surface area (TPSA) is 55.8 Å². The number of rotatable bonds is 6. The van der Waals surface area contributed by atoms with E-state index in [4.69, 9.17) is 14.6 Å². The van der Waals surface area contributed by atoms with Gasteiger partial charge in [0.1, 0.15) is 18.1 Å². The van der Waals surface area contributed by atoms with Crippen LogP contribution in [0.4, 0.5) is 4.39 Å². The Hall–Kier alpha value is -1.88. The van der Waals surface area contributed by atoms with Crippen molar-refractivity contribution in [2.45, 2.75) is 6.61 Å². The molecule has 0 fully saturated rings. The molecule has 3 aromatic rings. The highest BCUT2D eigenvalue weighted by Gasteiger charge is 2.13.